The highest BCUT2D eigenvalue weighted by Crippen LogP contribution is 2.28. The van der Waals surface area contributed by atoms with Gasteiger partial charge in [0.2, 0.25) is 0 Å². The minimum absolute atomic E-state index is 0.188. The van der Waals surface area contributed by atoms with Crippen molar-refractivity contribution in [3.63, 3.8) is 0 Å². The van der Waals surface area contributed by atoms with Crippen molar-refractivity contribution >= 4 is 27.5 Å². The summed E-state index contributed by atoms with van der Waals surface area (Å²) < 4.78 is 2.73. The van der Waals surface area contributed by atoms with Crippen LogP contribution in [0.3, 0.4) is 0 Å². The standard InChI is InChI=1S/C13H16BrClN4/c1-3-16-13(7-10-8-19(2)18-17-10)11-5-4-9(15)6-12(11)14/h4-6,8,13,16H,3,7H2,1-2H3. The summed E-state index contributed by atoms with van der Waals surface area (Å²) in [6.07, 6.45) is 2.73. The molecule has 1 heterocycles. The van der Waals surface area contributed by atoms with E-state index in [-0.39, 0.29) is 6.04 Å². The van der Waals surface area contributed by atoms with Gasteiger partial charge in [0, 0.05) is 35.2 Å². The molecule has 0 saturated carbocycles. The Labute approximate surface area is 126 Å². The van der Waals surface area contributed by atoms with Gasteiger partial charge in [0.25, 0.3) is 0 Å². The molecule has 19 heavy (non-hydrogen) atoms. The molecule has 0 radical (unpaired) electrons. The van der Waals surface area contributed by atoms with E-state index in [1.807, 2.05) is 31.4 Å². The number of rotatable bonds is 5. The predicted octanol–water partition coefficient (Wildman–Crippen LogP) is 3.12. The van der Waals surface area contributed by atoms with Crippen molar-refractivity contribution in [3.05, 3.63) is 45.1 Å². The largest absolute Gasteiger partial charge is 0.310 e. The van der Waals surface area contributed by atoms with Crippen LogP contribution in [0.2, 0.25) is 5.02 Å². The van der Waals surface area contributed by atoms with Crippen LogP contribution in [0.5, 0.6) is 0 Å². The van der Waals surface area contributed by atoms with Crippen LogP contribution in [-0.2, 0) is 13.5 Å². The molecule has 0 aliphatic heterocycles. The number of aromatic nitrogens is 3. The zero-order valence-corrected chi connectivity index (χ0v) is 13.2. The molecule has 1 unspecified atom stereocenters. The van der Waals surface area contributed by atoms with Gasteiger partial charge in [-0.15, -0.1) is 5.10 Å². The first kappa shape index (κ1) is 14.5. The van der Waals surface area contributed by atoms with Gasteiger partial charge in [-0.2, -0.15) is 0 Å². The normalized spacial score (nSPS) is 12.6. The average molecular weight is 344 g/mol. The van der Waals surface area contributed by atoms with Crippen LogP contribution >= 0.6 is 27.5 Å². The SMILES string of the molecule is CCNC(Cc1cn(C)nn1)c1ccc(Cl)cc1Br. The molecule has 0 bridgehead atoms. The molecule has 1 N–H and O–H groups in total. The van der Waals surface area contributed by atoms with Crippen molar-refractivity contribution in [1.82, 2.24) is 20.3 Å². The lowest BCUT2D eigenvalue weighted by Crippen LogP contribution is -2.23. The first-order valence-electron chi connectivity index (χ1n) is 6.13. The van der Waals surface area contributed by atoms with Crippen molar-refractivity contribution in [2.24, 2.45) is 7.05 Å². The van der Waals surface area contributed by atoms with E-state index in [9.17, 15) is 0 Å². The van der Waals surface area contributed by atoms with Crippen LogP contribution < -0.4 is 5.32 Å². The summed E-state index contributed by atoms with van der Waals surface area (Å²) in [5.41, 5.74) is 2.15. The van der Waals surface area contributed by atoms with Gasteiger partial charge >= 0.3 is 0 Å². The average Bonchev–Trinajstić information content (AvgIpc) is 2.74. The first-order valence-corrected chi connectivity index (χ1v) is 7.30. The van der Waals surface area contributed by atoms with Gasteiger partial charge in [-0.25, -0.2) is 0 Å². The van der Waals surface area contributed by atoms with Crippen LogP contribution in [-0.4, -0.2) is 21.5 Å². The number of nitrogens with one attached hydrogen (secondary N) is 1. The van der Waals surface area contributed by atoms with Crippen LogP contribution in [0.1, 0.15) is 24.2 Å². The predicted molar refractivity (Wildman–Crippen MR) is 80.3 cm³/mol. The fraction of sp³-hybridized carbons (Fsp3) is 0.385. The number of nitrogens with zero attached hydrogens (tertiary/aromatic N) is 3. The van der Waals surface area contributed by atoms with Crippen LogP contribution in [0, 0.1) is 0 Å². The second-order valence-corrected chi connectivity index (χ2v) is 5.65. The highest BCUT2D eigenvalue weighted by molar-refractivity contribution is 9.10. The Balaban J connectivity index is 2.23. The zero-order valence-electron chi connectivity index (χ0n) is 10.9. The third-order valence-corrected chi connectivity index (χ3v) is 3.77. The zero-order chi connectivity index (χ0) is 13.8. The third-order valence-electron chi connectivity index (χ3n) is 2.85. The molecular weight excluding hydrogens is 328 g/mol. The van der Waals surface area contributed by atoms with Crippen molar-refractivity contribution in [3.8, 4) is 0 Å². The number of likely N-dealkylation sites (N-methyl/N-ethyl adjacent to an activating group) is 1. The van der Waals surface area contributed by atoms with Gasteiger partial charge in [-0.1, -0.05) is 45.7 Å². The van der Waals surface area contributed by atoms with E-state index < -0.39 is 0 Å². The topological polar surface area (TPSA) is 42.7 Å². The number of benzene rings is 1. The summed E-state index contributed by atoms with van der Waals surface area (Å²) in [5, 5.41) is 12.3. The van der Waals surface area contributed by atoms with E-state index in [2.05, 4.69) is 38.5 Å². The van der Waals surface area contributed by atoms with E-state index in [4.69, 9.17) is 11.6 Å². The maximum absolute atomic E-state index is 5.99. The minimum atomic E-state index is 0.188. The van der Waals surface area contributed by atoms with E-state index in [1.165, 1.54) is 5.56 Å². The third kappa shape index (κ3) is 3.78. The van der Waals surface area contributed by atoms with Gasteiger partial charge in [0.1, 0.15) is 0 Å². The molecule has 6 heteroatoms. The molecule has 1 atom stereocenters. The Hall–Kier alpha value is -0.910. The minimum Gasteiger partial charge on any atom is -0.310 e. The summed E-state index contributed by atoms with van der Waals surface area (Å²) in [5.74, 6) is 0. The highest BCUT2D eigenvalue weighted by Gasteiger charge is 2.16. The fourth-order valence-electron chi connectivity index (χ4n) is 2.02. The lowest BCUT2D eigenvalue weighted by Gasteiger charge is -2.18. The number of halogens is 2. The Kier molecular flexibility index (Phi) is 4.96. The van der Waals surface area contributed by atoms with Crippen molar-refractivity contribution in [2.45, 2.75) is 19.4 Å². The van der Waals surface area contributed by atoms with Gasteiger partial charge in [0.15, 0.2) is 0 Å². The summed E-state index contributed by atoms with van der Waals surface area (Å²) >= 11 is 9.56. The van der Waals surface area contributed by atoms with E-state index in [0.29, 0.717) is 0 Å². The van der Waals surface area contributed by atoms with Gasteiger partial charge in [-0.05, 0) is 24.2 Å². The number of hydrogen-bond acceptors (Lipinski definition) is 3. The lowest BCUT2D eigenvalue weighted by atomic mass is 10.0. The summed E-state index contributed by atoms with van der Waals surface area (Å²) in [7, 11) is 1.87. The molecule has 1 aromatic carbocycles. The highest BCUT2D eigenvalue weighted by atomic mass is 79.9. The Morgan fingerprint density at radius 1 is 1.47 bits per heavy atom. The fourth-order valence-corrected chi connectivity index (χ4v) is 2.98. The van der Waals surface area contributed by atoms with E-state index in [1.54, 1.807) is 4.68 Å². The molecule has 0 spiro atoms. The van der Waals surface area contributed by atoms with Crippen LogP contribution in [0.25, 0.3) is 0 Å². The van der Waals surface area contributed by atoms with E-state index >= 15 is 0 Å². The molecule has 0 fully saturated rings. The molecule has 0 aliphatic rings. The monoisotopic (exact) mass is 342 g/mol. The Morgan fingerprint density at radius 2 is 2.26 bits per heavy atom. The second kappa shape index (κ2) is 6.50. The summed E-state index contributed by atoms with van der Waals surface area (Å²) in [6.45, 7) is 2.98. The van der Waals surface area contributed by atoms with Crippen LogP contribution in [0.15, 0.2) is 28.9 Å². The van der Waals surface area contributed by atoms with Crippen LogP contribution in [0.4, 0.5) is 0 Å². The Bertz CT molecular complexity index is 555. The molecule has 2 rings (SSSR count). The molecule has 0 saturated heterocycles. The summed E-state index contributed by atoms with van der Waals surface area (Å²) in [4.78, 5) is 0. The van der Waals surface area contributed by atoms with Crippen molar-refractivity contribution in [1.29, 1.82) is 0 Å². The maximum atomic E-state index is 5.99. The lowest BCUT2D eigenvalue weighted by molar-refractivity contribution is 0.541. The first-order chi connectivity index (χ1) is 9.10. The second-order valence-electron chi connectivity index (χ2n) is 4.36. The number of hydrogen-bond donors (Lipinski definition) is 1. The summed E-state index contributed by atoms with van der Waals surface area (Å²) in [6, 6.07) is 6.05. The maximum Gasteiger partial charge on any atom is 0.0845 e. The number of aryl methyl sites for hydroxylation is 1. The molecule has 1 aromatic heterocycles. The molecule has 2 aromatic rings. The smallest absolute Gasteiger partial charge is 0.0845 e. The molecule has 0 aliphatic carbocycles. The molecular formula is C13H16BrClN4. The van der Waals surface area contributed by atoms with Gasteiger partial charge in [-0.3, -0.25) is 4.68 Å². The molecule has 0 amide bonds. The quantitative estimate of drug-likeness (QED) is 0.907. The Morgan fingerprint density at radius 3 is 2.84 bits per heavy atom. The van der Waals surface area contributed by atoms with Gasteiger partial charge in [0.05, 0.1) is 5.69 Å². The van der Waals surface area contributed by atoms with E-state index in [0.717, 1.165) is 28.2 Å². The molecule has 102 valence electrons. The van der Waals surface area contributed by atoms with Gasteiger partial charge < -0.3 is 5.32 Å². The van der Waals surface area contributed by atoms with Crippen molar-refractivity contribution in [2.75, 3.05) is 6.54 Å². The van der Waals surface area contributed by atoms with Crippen molar-refractivity contribution < 1.29 is 0 Å². The molecule has 4 nitrogen and oxygen atoms in total.